The van der Waals surface area contributed by atoms with Crippen LogP contribution in [0.5, 0.6) is 5.75 Å². The van der Waals surface area contributed by atoms with Crippen LogP contribution in [-0.2, 0) is 68.8 Å². The lowest BCUT2D eigenvalue weighted by molar-refractivity contribution is -0.137. The first-order chi connectivity index (χ1) is 43.8. The Labute approximate surface area is 538 Å². The zero-order valence-corrected chi connectivity index (χ0v) is 52.4. The monoisotopic (exact) mass is 1290 g/mol. The van der Waals surface area contributed by atoms with Crippen LogP contribution in [0.4, 0.5) is 0 Å². The van der Waals surface area contributed by atoms with E-state index in [1.165, 1.54) is 31.2 Å². The number of para-hydroxylation sites is 1. The lowest BCUT2D eigenvalue weighted by Gasteiger charge is -2.34. The number of piperazine rings is 1. The van der Waals surface area contributed by atoms with Crippen LogP contribution in [0.3, 0.4) is 0 Å². The molecule has 5 aromatic carbocycles. The van der Waals surface area contributed by atoms with Crippen molar-refractivity contribution >= 4 is 100 Å². The van der Waals surface area contributed by atoms with Crippen molar-refractivity contribution < 1.29 is 58.5 Å². The number of fused-ring (bicyclic) bond motifs is 2. The van der Waals surface area contributed by atoms with E-state index in [2.05, 4.69) is 77.7 Å². The molecule has 0 spiro atoms. The Morgan fingerprint density at radius 3 is 1.73 bits per heavy atom. The predicted molar refractivity (Wildman–Crippen MR) is 351 cm³/mol. The third kappa shape index (κ3) is 21.4. The van der Waals surface area contributed by atoms with Crippen molar-refractivity contribution in [2.24, 2.45) is 5.73 Å². The summed E-state index contributed by atoms with van der Waals surface area (Å²) in [6, 6.07) is 25.1. The Morgan fingerprint density at radius 1 is 0.549 bits per heavy atom. The molecular formula is C65H82N12O12S2. The number of aromatic nitrogens is 1. The number of imide groups is 1. The second kappa shape index (κ2) is 35.3. The molecular weight excluding hydrogens is 1200 g/mol. The zero-order valence-electron chi connectivity index (χ0n) is 50.6. The van der Waals surface area contributed by atoms with Gasteiger partial charge in [0.25, 0.3) is 0 Å². The van der Waals surface area contributed by atoms with Crippen LogP contribution in [0.2, 0.25) is 0 Å². The number of aliphatic hydroxyl groups is 2. The Balaban J connectivity index is 1.08. The van der Waals surface area contributed by atoms with Crippen molar-refractivity contribution in [1.29, 1.82) is 0 Å². The number of hydrogen-bond donors (Lipinski definition) is 15. The molecule has 6 aromatic rings. The van der Waals surface area contributed by atoms with Crippen molar-refractivity contribution in [3.05, 3.63) is 150 Å². The molecule has 4 unspecified atom stereocenters. The lowest BCUT2D eigenvalue weighted by Crippen LogP contribution is -2.62. The number of phenolic OH excluding ortho intramolecular Hbond substituents is 1. The van der Waals surface area contributed by atoms with Crippen LogP contribution in [-0.4, -0.2) is 196 Å². The summed E-state index contributed by atoms with van der Waals surface area (Å²) in [6.07, 6.45) is 0.322. The van der Waals surface area contributed by atoms with Gasteiger partial charge in [0.15, 0.2) is 0 Å². The number of aliphatic hydroxyl groups excluding tert-OH is 2. The molecule has 7 rings (SSSR count). The Kier molecular flexibility index (Phi) is 27.2. The molecule has 2 heterocycles. The minimum Gasteiger partial charge on any atom is -0.508 e. The molecule has 0 radical (unpaired) electrons. The van der Waals surface area contributed by atoms with E-state index in [1.54, 1.807) is 42.6 Å². The van der Waals surface area contributed by atoms with E-state index >= 15 is 0 Å². The number of rotatable bonds is 33. The van der Waals surface area contributed by atoms with Crippen molar-refractivity contribution in [3.8, 4) is 5.75 Å². The molecule has 9 amide bonds. The molecule has 486 valence electrons. The number of phenols is 1. The van der Waals surface area contributed by atoms with E-state index in [4.69, 9.17) is 5.73 Å². The van der Waals surface area contributed by atoms with Gasteiger partial charge >= 0.3 is 0 Å². The number of nitrogens with two attached hydrogens (primary N) is 1. The molecule has 14 N–H and O–H groups in total. The number of β-amino-alcohol motifs (C(OH)–C–C–N with tert-alkyl or cyclic N) is 1. The molecule has 1 saturated heterocycles. The standard InChI is InChI=1S/C65H82N12O12S2/c1-40(79)58(65(89)73-55(39-91)64(88)74-56(81)34-43-18-21-44-13-5-6-14-45(44)31-43)75-59(83)50(17-9-10-24-66)69-62(86)53(35-46-36-67-49-16-8-7-15-48(46)49)71-61(85)52(33-42-19-22-47(80)23-20-42)70-63(87)54(38-90)72-60(84)51(32-41-11-3-2-4-12-41)68-57(82)37-77-27-25-76(26-28-77)29-30-78/h2-8,11-16,18-23,31,36,40,50-55,58,67,78-80,90-91H,9-10,17,24-30,32-35,37-39,66H2,1H3,(H,68,82)(H,69,86)(H,70,87)(H,71,85)(H,72,84)(H,73,89)(H,75,83)(H,74,81,88)/t40-,50?,51?,52?,53-,54-,55?,58+/m1/s1. The summed E-state index contributed by atoms with van der Waals surface area (Å²) >= 11 is 8.66. The molecule has 0 saturated carbocycles. The number of H-pyrrole nitrogens is 1. The van der Waals surface area contributed by atoms with Crippen molar-refractivity contribution in [3.63, 3.8) is 0 Å². The average molecular weight is 1290 g/mol. The maximum atomic E-state index is 15.0. The van der Waals surface area contributed by atoms with E-state index in [-0.39, 0.29) is 69.1 Å². The van der Waals surface area contributed by atoms with E-state index in [0.29, 0.717) is 73.2 Å². The fourth-order valence-electron chi connectivity index (χ4n) is 10.6. The Bertz CT molecular complexity index is 3440. The second-order valence-electron chi connectivity index (χ2n) is 22.5. The van der Waals surface area contributed by atoms with Gasteiger partial charge in [-0.1, -0.05) is 103 Å². The van der Waals surface area contributed by atoms with Gasteiger partial charge < -0.3 is 63.3 Å². The SMILES string of the molecule is C[C@@H](O)[C@H](NC(=O)C(CCCCN)NC(=O)[C@@H](Cc1c[nH]c2ccccc12)NC(=O)C(Cc1ccc(O)cc1)NC(=O)[C@@H](CS)NC(=O)C(Cc1ccccc1)NC(=O)CN1CCN(CCO)CC1)C(=O)NC(CS)C(=O)NC(=O)Cc1ccc2ccccc2c1. The molecule has 0 aliphatic carbocycles. The van der Waals surface area contributed by atoms with E-state index in [0.717, 1.165) is 16.3 Å². The molecule has 26 heteroatoms. The van der Waals surface area contributed by atoms with Gasteiger partial charge in [-0.15, -0.1) is 0 Å². The number of hydrogen-bond acceptors (Lipinski definition) is 17. The summed E-state index contributed by atoms with van der Waals surface area (Å²) in [5, 5.41) is 54.2. The number of carbonyl (C=O) groups is 9. The van der Waals surface area contributed by atoms with Gasteiger partial charge in [0.1, 0.15) is 48.0 Å². The van der Waals surface area contributed by atoms with Crippen molar-refractivity contribution in [2.75, 3.05) is 63.9 Å². The van der Waals surface area contributed by atoms with Crippen LogP contribution < -0.4 is 48.3 Å². The molecule has 91 heavy (non-hydrogen) atoms. The first kappa shape index (κ1) is 70.1. The fourth-order valence-corrected chi connectivity index (χ4v) is 11.1. The quantitative estimate of drug-likeness (QED) is 0.0195. The second-order valence-corrected chi connectivity index (χ2v) is 23.3. The van der Waals surface area contributed by atoms with Gasteiger partial charge in [-0.05, 0) is 84.0 Å². The number of nitrogens with zero attached hydrogens (tertiary/aromatic N) is 2. The van der Waals surface area contributed by atoms with Crippen LogP contribution >= 0.6 is 25.3 Å². The highest BCUT2D eigenvalue weighted by Crippen LogP contribution is 2.21. The minimum absolute atomic E-state index is 0.000278. The summed E-state index contributed by atoms with van der Waals surface area (Å²) in [6.45, 7) is 4.45. The number of carbonyl (C=O) groups excluding carboxylic acids is 9. The summed E-state index contributed by atoms with van der Waals surface area (Å²) < 4.78 is 0. The van der Waals surface area contributed by atoms with Gasteiger partial charge in [-0.25, -0.2) is 0 Å². The van der Waals surface area contributed by atoms with Gasteiger partial charge in [0.2, 0.25) is 53.2 Å². The maximum Gasteiger partial charge on any atom is 0.249 e. The van der Waals surface area contributed by atoms with E-state index < -0.39 is 102 Å². The number of nitrogens with one attached hydrogen (secondary N) is 9. The Hall–Kier alpha value is -8.37. The minimum atomic E-state index is -1.70. The molecule has 1 aliphatic heterocycles. The summed E-state index contributed by atoms with van der Waals surface area (Å²) in [5.74, 6) is -7.78. The Morgan fingerprint density at radius 2 is 1.08 bits per heavy atom. The number of aromatic amines is 1. The third-order valence-electron chi connectivity index (χ3n) is 15.6. The highest BCUT2D eigenvalue weighted by atomic mass is 32.1. The number of amides is 9. The first-order valence-electron chi connectivity index (χ1n) is 30.3. The van der Waals surface area contributed by atoms with Gasteiger partial charge in [0, 0.05) is 80.6 Å². The molecule has 1 aromatic heterocycles. The molecule has 1 aliphatic rings. The van der Waals surface area contributed by atoms with Gasteiger partial charge in [-0.2, -0.15) is 25.3 Å². The topological polar surface area (TPSA) is 359 Å². The zero-order chi connectivity index (χ0) is 65.4. The molecule has 0 bridgehead atoms. The van der Waals surface area contributed by atoms with Crippen LogP contribution in [0, 0.1) is 0 Å². The van der Waals surface area contributed by atoms with Gasteiger partial charge in [-0.3, -0.25) is 58.3 Å². The smallest absolute Gasteiger partial charge is 0.249 e. The summed E-state index contributed by atoms with van der Waals surface area (Å²) in [4.78, 5) is 134. The van der Waals surface area contributed by atoms with Crippen LogP contribution in [0.15, 0.2) is 128 Å². The normalized spacial score (nSPS) is 15.3. The lowest BCUT2D eigenvalue weighted by atomic mass is 10.0. The van der Waals surface area contributed by atoms with E-state index in [1.807, 2.05) is 65.6 Å². The van der Waals surface area contributed by atoms with Crippen molar-refractivity contribution in [1.82, 2.24) is 57.3 Å². The largest absolute Gasteiger partial charge is 0.508 e. The fraction of sp³-hybridized carbons (Fsp3) is 0.400. The highest BCUT2D eigenvalue weighted by Gasteiger charge is 2.36. The predicted octanol–water partition coefficient (Wildman–Crippen LogP) is 0.313. The van der Waals surface area contributed by atoms with Gasteiger partial charge in [0.05, 0.1) is 25.7 Å². The van der Waals surface area contributed by atoms with Crippen LogP contribution in [0.25, 0.3) is 21.7 Å². The number of thiol groups is 2. The number of unbranched alkanes of at least 4 members (excludes halogenated alkanes) is 1. The molecule has 8 atom stereocenters. The number of benzene rings is 5. The van der Waals surface area contributed by atoms with Crippen LogP contribution in [0.1, 0.15) is 48.4 Å². The van der Waals surface area contributed by atoms with E-state index in [9.17, 15) is 58.5 Å². The molecule has 24 nitrogen and oxygen atoms in total. The first-order valence-corrected chi connectivity index (χ1v) is 31.6. The maximum absolute atomic E-state index is 15.0. The highest BCUT2D eigenvalue weighted by molar-refractivity contribution is 7.80. The summed E-state index contributed by atoms with van der Waals surface area (Å²) in [5.41, 5.74) is 8.98. The average Bonchev–Trinajstić information content (AvgIpc) is 2.04. The summed E-state index contributed by atoms with van der Waals surface area (Å²) in [7, 11) is 0. The molecule has 1 fully saturated rings. The number of aromatic hydroxyl groups is 1. The van der Waals surface area contributed by atoms with Crippen molar-refractivity contribution in [2.45, 2.75) is 100 Å². The third-order valence-corrected chi connectivity index (χ3v) is 16.4.